The van der Waals surface area contributed by atoms with Gasteiger partial charge in [0.05, 0.1) is 17.1 Å². The summed E-state index contributed by atoms with van der Waals surface area (Å²) in [6.45, 7) is 1.81. The first-order chi connectivity index (χ1) is 9.05. The van der Waals surface area contributed by atoms with Crippen LogP contribution in [0.25, 0.3) is 11.0 Å². The van der Waals surface area contributed by atoms with Crippen LogP contribution in [0.2, 0.25) is 0 Å². The smallest absolute Gasteiger partial charge is 0.287 e. The third-order valence-electron chi connectivity index (χ3n) is 2.81. The standard InChI is InChI=1S/C13H13Br2NO3/c1-2-9(6-17)16-13(18)11-4-7-3-8(14)5-10(15)12(7)19-11/h3-5,9,17H,2,6H2,1H3,(H,16,18)/t9-/m0/s1. The number of nitrogens with one attached hydrogen (secondary N) is 1. The summed E-state index contributed by atoms with van der Waals surface area (Å²) >= 11 is 6.78. The Morgan fingerprint density at radius 3 is 2.79 bits per heavy atom. The minimum absolute atomic E-state index is 0.0856. The predicted molar refractivity (Wildman–Crippen MR) is 80.2 cm³/mol. The van der Waals surface area contributed by atoms with E-state index in [-0.39, 0.29) is 24.3 Å². The van der Waals surface area contributed by atoms with Crippen LogP contribution in [-0.2, 0) is 0 Å². The van der Waals surface area contributed by atoms with Gasteiger partial charge in [-0.25, -0.2) is 0 Å². The molecule has 0 fully saturated rings. The number of amides is 1. The lowest BCUT2D eigenvalue weighted by molar-refractivity contribution is 0.0889. The number of carbonyl (C=O) groups excluding carboxylic acids is 1. The second kappa shape index (κ2) is 6.07. The Bertz CT molecular complexity index is 605. The van der Waals surface area contributed by atoms with Crippen molar-refractivity contribution in [1.82, 2.24) is 5.32 Å². The second-order valence-electron chi connectivity index (χ2n) is 4.18. The zero-order valence-corrected chi connectivity index (χ0v) is 13.4. The molecule has 0 radical (unpaired) electrons. The van der Waals surface area contributed by atoms with Crippen molar-refractivity contribution in [2.75, 3.05) is 6.61 Å². The molecule has 0 aliphatic rings. The lowest BCUT2D eigenvalue weighted by Crippen LogP contribution is -2.36. The van der Waals surface area contributed by atoms with E-state index in [0.29, 0.717) is 12.0 Å². The maximum absolute atomic E-state index is 12.0. The molecule has 0 aliphatic heterocycles. The summed E-state index contributed by atoms with van der Waals surface area (Å²) in [7, 11) is 0. The van der Waals surface area contributed by atoms with Crippen LogP contribution in [0, 0.1) is 0 Å². The lowest BCUT2D eigenvalue weighted by Gasteiger charge is -2.12. The van der Waals surface area contributed by atoms with Gasteiger partial charge in [-0.05, 0) is 40.5 Å². The SMILES string of the molecule is CC[C@@H](CO)NC(=O)c1cc2cc(Br)cc(Br)c2o1. The molecule has 0 saturated carbocycles. The number of rotatable bonds is 4. The first-order valence-electron chi connectivity index (χ1n) is 5.85. The zero-order valence-electron chi connectivity index (χ0n) is 10.2. The number of halogens is 2. The van der Waals surface area contributed by atoms with Crippen molar-refractivity contribution in [2.45, 2.75) is 19.4 Å². The summed E-state index contributed by atoms with van der Waals surface area (Å²) in [5.41, 5.74) is 0.630. The summed E-state index contributed by atoms with van der Waals surface area (Å²) in [6.07, 6.45) is 0.664. The number of carbonyl (C=O) groups is 1. The Labute approximate surface area is 127 Å². The van der Waals surface area contributed by atoms with Gasteiger partial charge in [0, 0.05) is 9.86 Å². The highest BCUT2D eigenvalue weighted by molar-refractivity contribution is 9.11. The van der Waals surface area contributed by atoms with Crippen molar-refractivity contribution in [1.29, 1.82) is 0 Å². The minimum atomic E-state index is -0.319. The van der Waals surface area contributed by atoms with Crippen LogP contribution >= 0.6 is 31.9 Å². The molecule has 0 aliphatic carbocycles. The summed E-state index contributed by atoms with van der Waals surface area (Å²) in [6, 6.07) is 5.17. The van der Waals surface area contributed by atoms with Gasteiger partial charge in [-0.2, -0.15) is 0 Å². The van der Waals surface area contributed by atoms with E-state index in [1.807, 2.05) is 19.1 Å². The number of aliphatic hydroxyl groups is 1. The van der Waals surface area contributed by atoms with E-state index in [2.05, 4.69) is 37.2 Å². The molecular weight excluding hydrogens is 378 g/mol. The normalized spacial score (nSPS) is 12.6. The fourth-order valence-electron chi connectivity index (χ4n) is 1.72. The first kappa shape index (κ1) is 14.6. The number of aliphatic hydroxyl groups excluding tert-OH is 1. The van der Waals surface area contributed by atoms with Gasteiger partial charge in [0.15, 0.2) is 5.76 Å². The summed E-state index contributed by atoms with van der Waals surface area (Å²) in [5, 5.41) is 12.6. The van der Waals surface area contributed by atoms with Crippen LogP contribution in [0.5, 0.6) is 0 Å². The number of furan rings is 1. The molecule has 1 aromatic heterocycles. The van der Waals surface area contributed by atoms with Gasteiger partial charge in [0.2, 0.25) is 0 Å². The van der Waals surface area contributed by atoms with E-state index in [0.717, 1.165) is 14.3 Å². The Morgan fingerprint density at radius 1 is 1.42 bits per heavy atom. The molecule has 6 heteroatoms. The van der Waals surface area contributed by atoms with Crippen molar-refractivity contribution in [2.24, 2.45) is 0 Å². The van der Waals surface area contributed by atoms with E-state index in [4.69, 9.17) is 9.52 Å². The maximum Gasteiger partial charge on any atom is 0.287 e. The van der Waals surface area contributed by atoms with Gasteiger partial charge in [0.25, 0.3) is 5.91 Å². The molecule has 4 nitrogen and oxygen atoms in total. The monoisotopic (exact) mass is 389 g/mol. The van der Waals surface area contributed by atoms with E-state index in [1.165, 1.54) is 0 Å². The molecule has 0 saturated heterocycles. The number of fused-ring (bicyclic) bond motifs is 1. The molecule has 102 valence electrons. The molecule has 1 heterocycles. The van der Waals surface area contributed by atoms with Crippen LogP contribution in [-0.4, -0.2) is 23.7 Å². The molecule has 0 bridgehead atoms. The number of hydrogen-bond acceptors (Lipinski definition) is 3. The van der Waals surface area contributed by atoms with Gasteiger partial charge < -0.3 is 14.8 Å². The highest BCUT2D eigenvalue weighted by atomic mass is 79.9. The highest BCUT2D eigenvalue weighted by Gasteiger charge is 2.17. The number of benzene rings is 1. The average molecular weight is 391 g/mol. The zero-order chi connectivity index (χ0) is 14.0. The summed E-state index contributed by atoms with van der Waals surface area (Å²) in [4.78, 5) is 12.0. The molecule has 0 spiro atoms. The topological polar surface area (TPSA) is 62.5 Å². The Kier molecular flexibility index (Phi) is 4.65. The van der Waals surface area contributed by atoms with Crippen molar-refractivity contribution in [3.05, 3.63) is 32.9 Å². The molecule has 2 rings (SSSR count). The molecule has 19 heavy (non-hydrogen) atoms. The molecule has 1 atom stereocenters. The van der Waals surface area contributed by atoms with Crippen LogP contribution in [0.15, 0.2) is 31.6 Å². The van der Waals surface area contributed by atoms with Crippen LogP contribution in [0.1, 0.15) is 23.9 Å². The molecule has 2 aromatic rings. The van der Waals surface area contributed by atoms with Gasteiger partial charge >= 0.3 is 0 Å². The van der Waals surface area contributed by atoms with E-state index in [1.54, 1.807) is 6.07 Å². The molecule has 1 amide bonds. The fourth-order valence-corrected chi connectivity index (χ4v) is 3.06. The quantitative estimate of drug-likeness (QED) is 0.840. The lowest BCUT2D eigenvalue weighted by atomic mass is 10.2. The Balaban J connectivity index is 2.31. The third kappa shape index (κ3) is 3.19. The van der Waals surface area contributed by atoms with Crippen LogP contribution < -0.4 is 5.32 Å². The van der Waals surface area contributed by atoms with Gasteiger partial charge in [-0.1, -0.05) is 22.9 Å². The highest BCUT2D eigenvalue weighted by Crippen LogP contribution is 2.30. The van der Waals surface area contributed by atoms with Crippen molar-refractivity contribution >= 4 is 48.7 Å². The van der Waals surface area contributed by atoms with Crippen LogP contribution in [0.3, 0.4) is 0 Å². The van der Waals surface area contributed by atoms with Crippen molar-refractivity contribution < 1.29 is 14.3 Å². The molecule has 0 unspecified atom stereocenters. The van der Waals surface area contributed by atoms with E-state index in [9.17, 15) is 4.79 Å². The fraction of sp³-hybridized carbons (Fsp3) is 0.308. The summed E-state index contributed by atoms with van der Waals surface area (Å²) < 4.78 is 7.23. The molecule has 2 N–H and O–H groups in total. The molecule has 1 aromatic carbocycles. The minimum Gasteiger partial charge on any atom is -0.450 e. The maximum atomic E-state index is 12.0. The third-order valence-corrected chi connectivity index (χ3v) is 3.85. The second-order valence-corrected chi connectivity index (χ2v) is 5.95. The largest absolute Gasteiger partial charge is 0.450 e. The van der Waals surface area contributed by atoms with Gasteiger partial charge in [-0.15, -0.1) is 0 Å². The van der Waals surface area contributed by atoms with Crippen molar-refractivity contribution in [3.63, 3.8) is 0 Å². The average Bonchev–Trinajstić information content (AvgIpc) is 2.79. The molecular formula is C13H13Br2NO3. The number of hydrogen-bond donors (Lipinski definition) is 2. The van der Waals surface area contributed by atoms with E-state index >= 15 is 0 Å². The van der Waals surface area contributed by atoms with Gasteiger partial charge in [0.1, 0.15) is 5.58 Å². The predicted octanol–water partition coefficient (Wildman–Crippen LogP) is 3.46. The Hall–Kier alpha value is -0.850. The Morgan fingerprint density at radius 2 is 2.16 bits per heavy atom. The van der Waals surface area contributed by atoms with Gasteiger partial charge in [-0.3, -0.25) is 4.79 Å². The summed E-state index contributed by atoms with van der Waals surface area (Å²) in [5.74, 6) is -0.0826. The van der Waals surface area contributed by atoms with E-state index < -0.39 is 0 Å². The first-order valence-corrected chi connectivity index (χ1v) is 7.44. The van der Waals surface area contributed by atoms with Crippen molar-refractivity contribution in [3.8, 4) is 0 Å². The van der Waals surface area contributed by atoms with Crippen LogP contribution in [0.4, 0.5) is 0 Å².